The number of nitrogens with one attached hydrogen (secondary N) is 2. The molecular weight excluding hydrogens is 294 g/mol. The van der Waals surface area contributed by atoms with Crippen LogP contribution in [-0.2, 0) is 4.79 Å². The molecule has 0 saturated carbocycles. The van der Waals surface area contributed by atoms with Crippen LogP contribution in [0, 0.1) is 12.8 Å². The number of carbonyl (C=O) groups is 2. The second-order valence-electron chi connectivity index (χ2n) is 6.08. The summed E-state index contributed by atoms with van der Waals surface area (Å²) in [7, 11) is 1.82. The van der Waals surface area contributed by atoms with Crippen LogP contribution in [-0.4, -0.2) is 46.4 Å². The lowest BCUT2D eigenvalue weighted by atomic mass is 10.1. The molecule has 0 spiro atoms. The minimum Gasteiger partial charge on any atom is -0.345 e. The standard InChI is InChI=1S/C16H21N5O2/c1-11-9-21-6-4-13(8-14(21)18-11)19-16(23)17-5-3-12-7-15(22)20(2)10-12/h4,6,8-9,12H,3,5,7,10H2,1-2H3,(H2,17,19,23)/t12-/m0/s1. The Hall–Kier alpha value is -2.57. The Morgan fingerprint density at radius 2 is 2.30 bits per heavy atom. The van der Waals surface area contributed by atoms with Gasteiger partial charge in [-0.15, -0.1) is 0 Å². The number of amides is 3. The Morgan fingerprint density at radius 3 is 3.04 bits per heavy atom. The lowest BCUT2D eigenvalue weighted by molar-refractivity contribution is -0.126. The zero-order valence-electron chi connectivity index (χ0n) is 13.4. The van der Waals surface area contributed by atoms with Gasteiger partial charge in [0.15, 0.2) is 0 Å². The molecule has 7 nitrogen and oxygen atoms in total. The van der Waals surface area contributed by atoms with Gasteiger partial charge in [-0.3, -0.25) is 4.79 Å². The summed E-state index contributed by atoms with van der Waals surface area (Å²) in [6.07, 6.45) is 5.18. The highest BCUT2D eigenvalue weighted by atomic mass is 16.2. The first-order chi connectivity index (χ1) is 11.0. The molecule has 7 heteroatoms. The summed E-state index contributed by atoms with van der Waals surface area (Å²) in [6.45, 7) is 3.26. The van der Waals surface area contributed by atoms with Gasteiger partial charge in [0.05, 0.1) is 5.69 Å². The van der Waals surface area contributed by atoms with Crippen molar-refractivity contribution < 1.29 is 9.59 Å². The molecule has 1 saturated heterocycles. The summed E-state index contributed by atoms with van der Waals surface area (Å²) in [5, 5.41) is 5.64. The molecule has 1 fully saturated rings. The normalized spacial score (nSPS) is 17.7. The number of rotatable bonds is 4. The van der Waals surface area contributed by atoms with Crippen molar-refractivity contribution in [1.29, 1.82) is 0 Å². The van der Waals surface area contributed by atoms with E-state index in [2.05, 4.69) is 15.6 Å². The number of likely N-dealkylation sites (tertiary alicyclic amines) is 1. The number of fused-ring (bicyclic) bond motifs is 1. The van der Waals surface area contributed by atoms with Gasteiger partial charge in [0, 0.05) is 50.7 Å². The van der Waals surface area contributed by atoms with E-state index in [1.54, 1.807) is 4.90 Å². The fraction of sp³-hybridized carbons (Fsp3) is 0.438. The number of urea groups is 1. The summed E-state index contributed by atoms with van der Waals surface area (Å²) in [5.74, 6) is 0.514. The quantitative estimate of drug-likeness (QED) is 0.900. The van der Waals surface area contributed by atoms with Crippen LogP contribution in [0.2, 0.25) is 0 Å². The van der Waals surface area contributed by atoms with Crippen molar-refractivity contribution in [2.24, 2.45) is 5.92 Å². The maximum absolute atomic E-state index is 11.9. The average Bonchev–Trinajstić information content (AvgIpc) is 3.00. The van der Waals surface area contributed by atoms with Gasteiger partial charge in [-0.1, -0.05) is 0 Å². The number of aromatic nitrogens is 2. The van der Waals surface area contributed by atoms with Crippen molar-refractivity contribution in [3.8, 4) is 0 Å². The van der Waals surface area contributed by atoms with Crippen LogP contribution in [0.4, 0.5) is 10.5 Å². The lowest BCUT2D eigenvalue weighted by Gasteiger charge is -2.11. The van der Waals surface area contributed by atoms with Crippen molar-refractivity contribution in [2.45, 2.75) is 19.8 Å². The average molecular weight is 315 g/mol. The van der Waals surface area contributed by atoms with Crippen LogP contribution in [0.3, 0.4) is 0 Å². The van der Waals surface area contributed by atoms with Crippen molar-refractivity contribution in [3.05, 3.63) is 30.2 Å². The van der Waals surface area contributed by atoms with Gasteiger partial charge in [0.2, 0.25) is 5.91 Å². The monoisotopic (exact) mass is 315 g/mol. The summed E-state index contributed by atoms with van der Waals surface area (Å²) < 4.78 is 1.91. The van der Waals surface area contributed by atoms with E-state index in [9.17, 15) is 9.59 Å². The highest BCUT2D eigenvalue weighted by Crippen LogP contribution is 2.18. The largest absolute Gasteiger partial charge is 0.345 e. The predicted molar refractivity (Wildman–Crippen MR) is 87.3 cm³/mol. The zero-order valence-corrected chi connectivity index (χ0v) is 13.4. The number of carbonyl (C=O) groups excluding carboxylic acids is 2. The first-order valence-electron chi connectivity index (χ1n) is 7.75. The molecule has 0 radical (unpaired) electrons. The van der Waals surface area contributed by atoms with Gasteiger partial charge in [-0.2, -0.15) is 0 Å². The molecule has 0 aliphatic carbocycles. The van der Waals surface area contributed by atoms with Crippen molar-refractivity contribution in [3.63, 3.8) is 0 Å². The Bertz CT molecular complexity index is 739. The molecule has 2 N–H and O–H groups in total. The Kier molecular flexibility index (Phi) is 4.18. The summed E-state index contributed by atoms with van der Waals surface area (Å²) in [4.78, 5) is 29.5. The molecule has 1 atom stereocenters. The van der Waals surface area contributed by atoms with Crippen LogP contribution in [0.5, 0.6) is 0 Å². The third-order valence-corrected chi connectivity index (χ3v) is 4.10. The van der Waals surface area contributed by atoms with Crippen molar-refractivity contribution >= 4 is 23.3 Å². The SMILES string of the molecule is Cc1cn2ccc(NC(=O)NCC[C@H]3CC(=O)N(C)C3)cc2n1. The number of hydrogen-bond donors (Lipinski definition) is 2. The molecule has 1 aliphatic rings. The van der Waals surface area contributed by atoms with Crippen molar-refractivity contribution in [2.75, 3.05) is 25.5 Å². The molecule has 0 aromatic carbocycles. The molecule has 23 heavy (non-hydrogen) atoms. The first kappa shape index (κ1) is 15.3. The van der Waals surface area contributed by atoms with E-state index < -0.39 is 0 Å². The Balaban J connectivity index is 1.47. The lowest BCUT2D eigenvalue weighted by Crippen LogP contribution is -2.30. The highest BCUT2D eigenvalue weighted by molar-refractivity contribution is 5.89. The Morgan fingerprint density at radius 1 is 1.48 bits per heavy atom. The fourth-order valence-corrected chi connectivity index (χ4v) is 2.90. The van der Waals surface area contributed by atoms with Crippen LogP contribution in [0.1, 0.15) is 18.5 Å². The van der Waals surface area contributed by atoms with E-state index in [1.807, 2.05) is 42.9 Å². The van der Waals surface area contributed by atoms with Gasteiger partial charge >= 0.3 is 6.03 Å². The molecule has 3 rings (SSSR count). The molecular formula is C16H21N5O2. The number of aryl methyl sites for hydroxylation is 1. The topological polar surface area (TPSA) is 78.7 Å². The van der Waals surface area contributed by atoms with Crippen LogP contribution >= 0.6 is 0 Å². The highest BCUT2D eigenvalue weighted by Gasteiger charge is 2.26. The molecule has 2 aromatic rings. The summed E-state index contributed by atoms with van der Waals surface area (Å²) in [5.41, 5.74) is 2.44. The van der Waals surface area contributed by atoms with Crippen LogP contribution in [0.25, 0.3) is 5.65 Å². The number of hydrogen-bond acceptors (Lipinski definition) is 3. The first-order valence-corrected chi connectivity index (χ1v) is 7.75. The molecule has 3 amide bonds. The second-order valence-corrected chi connectivity index (χ2v) is 6.08. The summed E-state index contributed by atoms with van der Waals surface area (Å²) >= 11 is 0. The van der Waals surface area contributed by atoms with E-state index in [-0.39, 0.29) is 11.9 Å². The molecule has 122 valence electrons. The number of imidazole rings is 1. The van der Waals surface area contributed by atoms with E-state index in [1.165, 1.54) is 0 Å². The summed E-state index contributed by atoms with van der Waals surface area (Å²) in [6, 6.07) is 3.42. The second kappa shape index (κ2) is 6.28. The molecule has 2 aromatic heterocycles. The van der Waals surface area contributed by atoms with E-state index in [0.29, 0.717) is 24.6 Å². The maximum Gasteiger partial charge on any atom is 0.319 e. The minimum atomic E-state index is -0.240. The smallest absolute Gasteiger partial charge is 0.319 e. The van der Waals surface area contributed by atoms with Crippen molar-refractivity contribution in [1.82, 2.24) is 19.6 Å². The Labute approximate surface area is 134 Å². The van der Waals surface area contributed by atoms with Gasteiger partial charge in [0.1, 0.15) is 5.65 Å². The predicted octanol–water partition coefficient (Wildman–Crippen LogP) is 1.63. The van der Waals surface area contributed by atoms with E-state index in [4.69, 9.17) is 0 Å². The third-order valence-electron chi connectivity index (χ3n) is 4.10. The molecule has 0 bridgehead atoms. The third kappa shape index (κ3) is 3.61. The van der Waals surface area contributed by atoms with E-state index >= 15 is 0 Å². The molecule has 0 unspecified atom stereocenters. The number of anilines is 1. The number of pyridine rings is 1. The van der Waals surface area contributed by atoms with Gasteiger partial charge in [0.25, 0.3) is 0 Å². The number of nitrogens with zero attached hydrogens (tertiary/aromatic N) is 3. The van der Waals surface area contributed by atoms with Crippen LogP contribution < -0.4 is 10.6 Å². The van der Waals surface area contributed by atoms with Gasteiger partial charge in [-0.05, 0) is 25.3 Å². The zero-order chi connectivity index (χ0) is 16.4. The fourth-order valence-electron chi connectivity index (χ4n) is 2.90. The maximum atomic E-state index is 11.9. The van der Waals surface area contributed by atoms with Crippen LogP contribution in [0.15, 0.2) is 24.5 Å². The molecule has 1 aliphatic heterocycles. The van der Waals surface area contributed by atoms with E-state index in [0.717, 1.165) is 24.3 Å². The molecule has 3 heterocycles. The van der Waals surface area contributed by atoms with Gasteiger partial charge < -0.3 is 19.9 Å². The minimum absolute atomic E-state index is 0.183. The van der Waals surface area contributed by atoms with Gasteiger partial charge in [-0.25, -0.2) is 9.78 Å².